The van der Waals surface area contributed by atoms with Crippen LogP contribution in [0.3, 0.4) is 0 Å². The molecule has 0 aliphatic carbocycles. The number of primary sulfonamides is 1. The first-order valence-electron chi connectivity index (χ1n) is 8.88. The van der Waals surface area contributed by atoms with Crippen molar-refractivity contribution in [2.45, 2.75) is 17.4 Å². The lowest BCUT2D eigenvalue weighted by molar-refractivity contribution is -0.384. The van der Waals surface area contributed by atoms with Gasteiger partial charge >= 0.3 is 0 Å². The van der Waals surface area contributed by atoms with E-state index in [1.165, 1.54) is 24.3 Å². The van der Waals surface area contributed by atoms with E-state index < -0.39 is 14.9 Å². The molecule has 2 aromatic rings. The van der Waals surface area contributed by atoms with E-state index in [2.05, 4.69) is 16.2 Å². The van der Waals surface area contributed by atoms with Crippen LogP contribution in [-0.2, 0) is 21.2 Å². The van der Waals surface area contributed by atoms with Crippen LogP contribution >= 0.6 is 0 Å². The van der Waals surface area contributed by atoms with Crippen molar-refractivity contribution >= 4 is 21.6 Å². The lowest BCUT2D eigenvalue weighted by Crippen LogP contribution is -2.36. The summed E-state index contributed by atoms with van der Waals surface area (Å²) in [7, 11) is -3.73. The zero-order valence-corrected chi connectivity index (χ0v) is 16.2. The van der Waals surface area contributed by atoms with Gasteiger partial charge in [0.05, 0.1) is 21.8 Å². The second-order valence-corrected chi connectivity index (χ2v) is 8.25. The molecule has 1 saturated heterocycles. The van der Waals surface area contributed by atoms with Gasteiger partial charge in [-0.25, -0.2) is 19.0 Å². The monoisotopic (exact) mass is 419 g/mol. The maximum Gasteiger partial charge on any atom is 0.269 e. The third-order valence-electron chi connectivity index (χ3n) is 4.75. The Morgan fingerprint density at radius 2 is 1.83 bits per heavy atom. The highest BCUT2D eigenvalue weighted by Crippen LogP contribution is 2.26. The maximum absolute atomic E-state index is 12.6. The zero-order chi connectivity index (χ0) is 21.0. The molecule has 1 heterocycles. The molecule has 1 amide bonds. The summed E-state index contributed by atoms with van der Waals surface area (Å²) in [6, 6.07) is 12.0. The molecule has 5 N–H and O–H groups in total. The normalized spacial score (nSPS) is 19.1. The number of hydrogen-bond acceptors (Lipinski definition) is 7. The minimum atomic E-state index is -3.73. The van der Waals surface area contributed by atoms with Crippen molar-refractivity contribution in [3.8, 4) is 0 Å². The van der Waals surface area contributed by atoms with E-state index in [0.717, 1.165) is 11.1 Å². The number of nitro benzene ring substituents is 1. The van der Waals surface area contributed by atoms with Gasteiger partial charge < -0.3 is 5.32 Å². The van der Waals surface area contributed by atoms with Crippen LogP contribution in [0.2, 0.25) is 0 Å². The summed E-state index contributed by atoms with van der Waals surface area (Å²) < 4.78 is 22.5. The first-order chi connectivity index (χ1) is 13.8. The van der Waals surface area contributed by atoms with Gasteiger partial charge in [0.25, 0.3) is 5.69 Å². The summed E-state index contributed by atoms with van der Waals surface area (Å²) in [5.74, 6) is -0.520. The summed E-state index contributed by atoms with van der Waals surface area (Å²) in [6.45, 7) is 0.813. The SMILES string of the molecule is NS(=O)(=O)c1ccc(CCNC(=O)C2CNNC2c2ccc([N+](=O)[O-])cc2)cc1. The molecule has 10 nitrogen and oxygen atoms in total. The van der Waals surface area contributed by atoms with Gasteiger partial charge in [-0.05, 0) is 29.7 Å². The molecule has 0 saturated carbocycles. The molecular weight excluding hydrogens is 398 g/mol. The minimum absolute atomic E-state index is 0.00541. The first kappa shape index (κ1) is 20.9. The zero-order valence-electron chi connectivity index (χ0n) is 15.4. The molecule has 3 rings (SSSR count). The molecule has 154 valence electrons. The van der Waals surface area contributed by atoms with E-state index in [4.69, 9.17) is 5.14 Å². The van der Waals surface area contributed by atoms with Crippen molar-refractivity contribution in [1.82, 2.24) is 16.2 Å². The molecule has 1 aliphatic heterocycles. The molecule has 1 aliphatic rings. The highest BCUT2D eigenvalue weighted by Gasteiger charge is 2.33. The van der Waals surface area contributed by atoms with Crippen LogP contribution in [0.25, 0.3) is 0 Å². The van der Waals surface area contributed by atoms with Crippen molar-refractivity contribution in [3.05, 3.63) is 69.8 Å². The van der Waals surface area contributed by atoms with E-state index in [1.54, 1.807) is 24.3 Å². The molecule has 1 fully saturated rings. The van der Waals surface area contributed by atoms with E-state index in [-0.39, 0.29) is 28.4 Å². The van der Waals surface area contributed by atoms with Crippen LogP contribution in [0.15, 0.2) is 53.4 Å². The van der Waals surface area contributed by atoms with Crippen LogP contribution in [0.1, 0.15) is 17.2 Å². The Kier molecular flexibility index (Phi) is 6.23. The van der Waals surface area contributed by atoms with Crippen LogP contribution in [-0.4, -0.2) is 32.3 Å². The molecular formula is C18H21N5O5S. The lowest BCUT2D eigenvalue weighted by atomic mass is 9.94. The number of hydrogen-bond donors (Lipinski definition) is 4. The Bertz CT molecular complexity index is 992. The third-order valence-corrected chi connectivity index (χ3v) is 5.68. The number of carbonyl (C=O) groups is 1. The van der Waals surface area contributed by atoms with E-state index in [1.807, 2.05) is 0 Å². The molecule has 2 unspecified atom stereocenters. The predicted octanol–water partition coefficient (Wildman–Crippen LogP) is 0.366. The minimum Gasteiger partial charge on any atom is -0.355 e. The van der Waals surface area contributed by atoms with Crippen molar-refractivity contribution in [3.63, 3.8) is 0 Å². The molecule has 2 aromatic carbocycles. The number of benzene rings is 2. The Morgan fingerprint density at radius 3 is 2.41 bits per heavy atom. The van der Waals surface area contributed by atoms with Crippen LogP contribution < -0.4 is 21.3 Å². The Balaban J connectivity index is 1.56. The Hall–Kier alpha value is -2.86. The average Bonchev–Trinajstić information content (AvgIpc) is 3.17. The molecule has 0 spiro atoms. The Morgan fingerprint density at radius 1 is 1.17 bits per heavy atom. The highest BCUT2D eigenvalue weighted by atomic mass is 32.2. The number of nitrogens with zero attached hydrogens (tertiary/aromatic N) is 1. The molecule has 29 heavy (non-hydrogen) atoms. The van der Waals surface area contributed by atoms with Gasteiger partial charge in [-0.2, -0.15) is 0 Å². The lowest BCUT2D eigenvalue weighted by Gasteiger charge is -2.18. The third kappa shape index (κ3) is 5.15. The fourth-order valence-electron chi connectivity index (χ4n) is 3.17. The molecule has 0 radical (unpaired) electrons. The highest BCUT2D eigenvalue weighted by molar-refractivity contribution is 7.89. The summed E-state index contributed by atoms with van der Waals surface area (Å²) in [5, 5.41) is 18.7. The average molecular weight is 419 g/mol. The second kappa shape index (κ2) is 8.66. The quantitative estimate of drug-likeness (QED) is 0.373. The van der Waals surface area contributed by atoms with Crippen molar-refractivity contribution < 1.29 is 18.1 Å². The van der Waals surface area contributed by atoms with Crippen molar-refractivity contribution in [2.24, 2.45) is 11.1 Å². The molecule has 0 bridgehead atoms. The van der Waals surface area contributed by atoms with Crippen LogP contribution in [0.4, 0.5) is 5.69 Å². The largest absolute Gasteiger partial charge is 0.355 e. The van der Waals surface area contributed by atoms with Crippen LogP contribution in [0, 0.1) is 16.0 Å². The number of nitro groups is 1. The number of nitrogens with two attached hydrogens (primary N) is 1. The number of amides is 1. The summed E-state index contributed by atoms with van der Waals surface area (Å²) in [4.78, 5) is 22.9. The van der Waals surface area contributed by atoms with E-state index in [9.17, 15) is 23.3 Å². The van der Waals surface area contributed by atoms with Gasteiger partial charge in [-0.1, -0.05) is 24.3 Å². The van der Waals surface area contributed by atoms with Crippen molar-refractivity contribution in [2.75, 3.05) is 13.1 Å². The molecule has 0 aromatic heterocycles. The van der Waals surface area contributed by atoms with Crippen molar-refractivity contribution in [1.29, 1.82) is 0 Å². The molecule has 2 atom stereocenters. The van der Waals surface area contributed by atoms with Gasteiger partial charge in [-0.3, -0.25) is 20.3 Å². The fourth-order valence-corrected chi connectivity index (χ4v) is 3.68. The number of hydrazine groups is 1. The van der Waals surface area contributed by atoms with Gasteiger partial charge in [0.2, 0.25) is 15.9 Å². The first-order valence-corrected chi connectivity index (χ1v) is 10.4. The number of non-ortho nitro benzene ring substituents is 1. The fraction of sp³-hybridized carbons (Fsp3) is 0.278. The smallest absolute Gasteiger partial charge is 0.269 e. The van der Waals surface area contributed by atoms with E-state index >= 15 is 0 Å². The second-order valence-electron chi connectivity index (χ2n) is 6.69. The van der Waals surface area contributed by atoms with Gasteiger partial charge in [-0.15, -0.1) is 0 Å². The maximum atomic E-state index is 12.6. The standard InChI is InChI=1S/C18H21N5O5S/c19-29(27,28)15-7-1-12(2-8-15)9-10-20-18(24)16-11-21-22-17(16)13-3-5-14(6-4-13)23(25)26/h1-8,16-17,21-22H,9-11H2,(H,20,24)(H2,19,27,28). The number of sulfonamides is 1. The summed E-state index contributed by atoms with van der Waals surface area (Å²) in [6.07, 6.45) is 0.534. The molecule has 11 heteroatoms. The van der Waals surface area contributed by atoms with Gasteiger partial charge in [0, 0.05) is 25.2 Å². The van der Waals surface area contributed by atoms with Gasteiger partial charge in [0.1, 0.15) is 0 Å². The number of rotatable bonds is 7. The number of carbonyl (C=O) groups excluding carboxylic acids is 1. The van der Waals surface area contributed by atoms with Gasteiger partial charge in [0.15, 0.2) is 0 Å². The number of nitrogens with one attached hydrogen (secondary N) is 3. The predicted molar refractivity (Wildman–Crippen MR) is 105 cm³/mol. The topological polar surface area (TPSA) is 156 Å². The van der Waals surface area contributed by atoms with E-state index in [0.29, 0.717) is 19.5 Å². The van der Waals surface area contributed by atoms with Crippen LogP contribution in [0.5, 0.6) is 0 Å². The summed E-state index contributed by atoms with van der Waals surface area (Å²) >= 11 is 0. The Labute approximate surface area is 167 Å². The summed E-state index contributed by atoms with van der Waals surface area (Å²) in [5.41, 5.74) is 7.63.